The Balaban J connectivity index is 0.000000660. The molecule has 150 valence electrons. The Labute approximate surface area is 156 Å². The van der Waals surface area contributed by atoms with E-state index in [1.807, 2.05) is 0 Å². The van der Waals surface area contributed by atoms with Crippen LogP contribution in [0.25, 0.3) is 0 Å². The Morgan fingerprint density at radius 3 is 2.38 bits per heavy atom. The lowest BCUT2D eigenvalue weighted by Gasteiger charge is -2.23. The summed E-state index contributed by atoms with van der Waals surface area (Å²) in [5.74, 6) is -1.81. The molecule has 0 heterocycles. The molecule has 1 aliphatic carbocycles. The zero-order chi connectivity index (χ0) is 19.8. The number of aliphatic carboxylic acids is 2. The van der Waals surface area contributed by atoms with Crippen LogP contribution < -0.4 is 0 Å². The standard InChI is InChI=1S/C15H30N2O.C4H4O4/c1-4-5-9-14-10-6-7-11-15(14)16-18-13-8-12-17(2)3;5-3(6)1-2-4(7)8/h14H,4-13H2,1-3H3;1-2H,(H,5,6)(H,7,8)/b16-15+;2-1+. The van der Waals surface area contributed by atoms with Gasteiger partial charge in [0.1, 0.15) is 6.61 Å². The summed E-state index contributed by atoms with van der Waals surface area (Å²) in [5.41, 5.74) is 1.33. The van der Waals surface area contributed by atoms with Crippen molar-refractivity contribution in [3.8, 4) is 0 Å². The van der Waals surface area contributed by atoms with E-state index in [0.29, 0.717) is 18.1 Å². The number of carboxylic acids is 2. The Bertz CT molecular complexity index is 445. The first-order chi connectivity index (χ1) is 12.4. The van der Waals surface area contributed by atoms with Gasteiger partial charge < -0.3 is 20.0 Å². The monoisotopic (exact) mass is 370 g/mol. The first-order valence-corrected chi connectivity index (χ1v) is 9.34. The number of oxime groups is 1. The average molecular weight is 370 g/mol. The van der Waals surface area contributed by atoms with Crippen LogP contribution in [0.1, 0.15) is 58.3 Å². The summed E-state index contributed by atoms with van der Waals surface area (Å²) in [6.45, 7) is 4.09. The largest absolute Gasteiger partial charge is 0.478 e. The number of carboxylic acid groups (broad SMARTS) is 2. The van der Waals surface area contributed by atoms with Gasteiger partial charge in [0, 0.05) is 24.6 Å². The van der Waals surface area contributed by atoms with Crippen molar-refractivity contribution in [1.29, 1.82) is 0 Å². The van der Waals surface area contributed by atoms with Crippen molar-refractivity contribution < 1.29 is 24.6 Å². The lowest BCUT2D eigenvalue weighted by atomic mass is 9.84. The average Bonchev–Trinajstić information content (AvgIpc) is 2.59. The summed E-state index contributed by atoms with van der Waals surface area (Å²) in [5, 5.41) is 20.0. The van der Waals surface area contributed by atoms with Crippen molar-refractivity contribution >= 4 is 17.7 Å². The van der Waals surface area contributed by atoms with Gasteiger partial charge in [-0.05, 0) is 46.2 Å². The van der Waals surface area contributed by atoms with Crippen molar-refractivity contribution in [1.82, 2.24) is 4.90 Å². The summed E-state index contributed by atoms with van der Waals surface area (Å²) in [6, 6.07) is 0. The fraction of sp³-hybridized carbons (Fsp3) is 0.737. The first-order valence-electron chi connectivity index (χ1n) is 9.34. The van der Waals surface area contributed by atoms with Gasteiger partial charge >= 0.3 is 11.9 Å². The molecule has 1 fully saturated rings. The summed E-state index contributed by atoms with van der Waals surface area (Å²) in [4.78, 5) is 26.8. The lowest BCUT2D eigenvalue weighted by molar-refractivity contribution is -0.134. The van der Waals surface area contributed by atoms with Crippen molar-refractivity contribution in [3.63, 3.8) is 0 Å². The molecule has 1 atom stereocenters. The Morgan fingerprint density at radius 2 is 1.85 bits per heavy atom. The van der Waals surface area contributed by atoms with E-state index in [4.69, 9.17) is 15.1 Å². The van der Waals surface area contributed by atoms with Gasteiger partial charge in [0.15, 0.2) is 0 Å². The molecule has 1 saturated carbocycles. The van der Waals surface area contributed by atoms with E-state index in [1.54, 1.807) is 0 Å². The molecule has 0 bridgehead atoms. The second-order valence-electron chi connectivity index (χ2n) is 6.67. The highest BCUT2D eigenvalue weighted by molar-refractivity contribution is 5.89. The molecular formula is C19H34N2O5. The molecule has 0 aromatic heterocycles. The van der Waals surface area contributed by atoms with Crippen LogP contribution in [0.2, 0.25) is 0 Å². The van der Waals surface area contributed by atoms with Crippen LogP contribution in [0, 0.1) is 5.92 Å². The maximum absolute atomic E-state index is 9.55. The topological polar surface area (TPSA) is 99.4 Å². The molecule has 0 spiro atoms. The van der Waals surface area contributed by atoms with E-state index in [1.165, 1.54) is 44.2 Å². The van der Waals surface area contributed by atoms with Crippen LogP contribution in [0.3, 0.4) is 0 Å². The molecule has 0 radical (unpaired) electrons. The van der Waals surface area contributed by atoms with Gasteiger partial charge in [-0.15, -0.1) is 0 Å². The van der Waals surface area contributed by atoms with E-state index in [-0.39, 0.29) is 0 Å². The van der Waals surface area contributed by atoms with Crippen LogP contribution in [-0.2, 0) is 14.4 Å². The minimum atomic E-state index is -1.26. The number of rotatable bonds is 10. The van der Waals surface area contributed by atoms with Gasteiger partial charge in [-0.2, -0.15) is 0 Å². The zero-order valence-electron chi connectivity index (χ0n) is 16.3. The molecule has 1 rings (SSSR count). The van der Waals surface area contributed by atoms with E-state index in [0.717, 1.165) is 26.0 Å². The normalized spacial score (nSPS) is 18.6. The fourth-order valence-corrected chi connectivity index (χ4v) is 2.67. The molecule has 0 amide bonds. The molecule has 7 heteroatoms. The Hall–Kier alpha value is -1.89. The highest BCUT2D eigenvalue weighted by Gasteiger charge is 2.20. The van der Waals surface area contributed by atoms with Crippen molar-refractivity contribution in [2.45, 2.75) is 58.3 Å². The van der Waals surface area contributed by atoms with Gasteiger partial charge in [-0.1, -0.05) is 31.3 Å². The Kier molecular flexibility index (Phi) is 14.3. The van der Waals surface area contributed by atoms with Crippen LogP contribution in [-0.4, -0.2) is 60.0 Å². The number of nitrogens with zero attached hydrogens (tertiary/aromatic N) is 2. The minimum Gasteiger partial charge on any atom is -0.478 e. The zero-order valence-corrected chi connectivity index (χ0v) is 16.3. The van der Waals surface area contributed by atoms with Gasteiger partial charge in [0.2, 0.25) is 0 Å². The van der Waals surface area contributed by atoms with Crippen molar-refractivity contribution in [2.75, 3.05) is 27.2 Å². The van der Waals surface area contributed by atoms with Crippen LogP contribution in [0.4, 0.5) is 0 Å². The van der Waals surface area contributed by atoms with E-state index in [2.05, 4.69) is 31.1 Å². The summed E-state index contributed by atoms with van der Waals surface area (Å²) in [7, 11) is 4.18. The van der Waals surface area contributed by atoms with E-state index < -0.39 is 11.9 Å². The molecule has 1 aliphatic rings. The number of hydrogen-bond acceptors (Lipinski definition) is 5. The maximum atomic E-state index is 9.55. The molecule has 2 N–H and O–H groups in total. The van der Waals surface area contributed by atoms with Gasteiger partial charge in [-0.25, -0.2) is 9.59 Å². The quantitative estimate of drug-likeness (QED) is 0.347. The van der Waals surface area contributed by atoms with E-state index in [9.17, 15) is 9.59 Å². The second kappa shape index (κ2) is 15.4. The predicted octanol–water partition coefficient (Wildman–Crippen LogP) is 3.40. The molecule has 7 nitrogen and oxygen atoms in total. The van der Waals surface area contributed by atoms with Crippen molar-refractivity contribution in [2.24, 2.45) is 11.1 Å². The predicted molar refractivity (Wildman–Crippen MR) is 102 cm³/mol. The molecule has 1 unspecified atom stereocenters. The smallest absolute Gasteiger partial charge is 0.328 e. The van der Waals surface area contributed by atoms with Crippen molar-refractivity contribution in [3.05, 3.63) is 12.2 Å². The maximum Gasteiger partial charge on any atom is 0.328 e. The van der Waals surface area contributed by atoms with Gasteiger partial charge in [0.05, 0.1) is 5.71 Å². The third kappa shape index (κ3) is 14.5. The van der Waals surface area contributed by atoms with E-state index >= 15 is 0 Å². The second-order valence-corrected chi connectivity index (χ2v) is 6.67. The van der Waals surface area contributed by atoms with Crippen LogP contribution in [0.5, 0.6) is 0 Å². The third-order valence-electron chi connectivity index (χ3n) is 4.00. The molecular weight excluding hydrogens is 336 g/mol. The highest BCUT2D eigenvalue weighted by Crippen LogP contribution is 2.26. The highest BCUT2D eigenvalue weighted by atomic mass is 16.6. The summed E-state index contributed by atoms with van der Waals surface area (Å²) < 4.78 is 0. The molecule has 26 heavy (non-hydrogen) atoms. The third-order valence-corrected chi connectivity index (χ3v) is 4.00. The molecule has 0 aromatic rings. The number of unbranched alkanes of at least 4 members (excludes halogenated alkanes) is 1. The van der Waals surface area contributed by atoms with Crippen LogP contribution >= 0.6 is 0 Å². The number of carbonyl (C=O) groups is 2. The SMILES string of the molecule is CCCCC1CCCC/C1=N\OCCCN(C)C.O=C(O)/C=C/C(=O)O. The number of hydrogen-bond donors (Lipinski definition) is 2. The van der Waals surface area contributed by atoms with Gasteiger partial charge in [0.25, 0.3) is 0 Å². The first kappa shape index (κ1) is 24.1. The lowest BCUT2D eigenvalue weighted by Crippen LogP contribution is -2.20. The fourth-order valence-electron chi connectivity index (χ4n) is 2.67. The molecule has 0 aliphatic heterocycles. The minimum absolute atomic E-state index is 0.558. The summed E-state index contributed by atoms with van der Waals surface area (Å²) in [6.07, 6.45) is 11.2. The van der Waals surface area contributed by atoms with Gasteiger partial charge in [-0.3, -0.25) is 0 Å². The van der Waals surface area contributed by atoms with Crippen LogP contribution in [0.15, 0.2) is 17.3 Å². The summed E-state index contributed by atoms with van der Waals surface area (Å²) >= 11 is 0. The Morgan fingerprint density at radius 1 is 1.19 bits per heavy atom. The molecule has 0 aromatic carbocycles. The molecule has 0 saturated heterocycles.